The van der Waals surface area contributed by atoms with Crippen LogP contribution in [0.25, 0.3) is 0 Å². The lowest BCUT2D eigenvalue weighted by molar-refractivity contribution is 0.184. The van der Waals surface area contributed by atoms with Crippen molar-refractivity contribution in [3.8, 4) is 0 Å². The summed E-state index contributed by atoms with van der Waals surface area (Å²) in [4.78, 5) is 0. The number of aliphatic hydroxyl groups is 1. The highest BCUT2D eigenvalue weighted by Crippen LogP contribution is 2.25. The van der Waals surface area contributed by atoms with Gasteiger partial charge < -0.3 is 5.11 Å². The summed E-state index contributed by atoms with van der Waals surface area (Å²) in [5.74, 6) is 0. The minimum Gasteiger partial charge on any atom is -0.392 e. The van der Waals surface area contributed by atoms with E-state index in [1.807, 2.05) is 36.5 Å². The number of aliphatic hydroxyl groups excluding tert-OH is 1. The zero-order valence-electron chi connectivity index (χ0n) is 12.8. The molecule has 6 nitrogen and oxygen atoms in total. The largest absolute Gasteiger partial charge is 0.392 e. The number of benzene rings is 1. The molecule has 0 amide bonds. The molecule has 2 N–H and O–H groups in total. The van der Waals surface area contributed by atoms with Crippen LogP contribution >= 0.6 is 0 Å². The number of hydrogen-bond donors (Lipinski definition) is 2. The van der Waals surface area contributed by atoms with Crippen LogP contribution in [-0.2, 0) is 23.1 Å². The molecule has 1 saturated carbocycles. The average Bonchev–Trinajstić information content (AvgIpc) is 3.18. The maximum Gasteiger partial charge on any atom is 0.217 e. The van der Waals surface area contributed by atoms with Crippen molar-refractivity contribution in [1.82, 2.24) is 14.5 Å². The van der Waals surface area contributed by atoms with Gasteiger partial charge in [0.05, 0.1) is 12.6 Å². The molecule has 0 saturated heterocycles. The molecule has 2 atom stereocenters. The summed E-state index contributed by atoms with van der Waals surface area (Å²) in [7, 11) is -3.51. The van der Waals surface area contributed by atoms with Gasteiger partial charge in [-0.3, -0.25) is 4.68 Å². The van der Waals surface area contributed by atoms with E-state index in [2.05, 4.69) is 9.82 Å². The Hall–Kier alpha value is -1.70. The van der Waals surface area contributed by atoms with Crippen molar-refractivity contribution in [2.24, 2.45) is 0 Å². The Morgan fingerprint density at radius 3 is 2.65 bits per heavy atom. The second kappa shape index (κ2) is 6.82. The Balaban J connectivity index is 1.71. The van der Waals surface area contributed by atoms with Gasteiger partial charge in [-0.15, -0.1) is 0 Å². The van der Waals surface area contributed by atoms with Crippen molar-refractivity contribution < 1.29 is 13.5 Å². The van der Waals surface area contributed by atoms with Crippen LogP contribution < -0.4 is 4.72 Å². The number of sulfonamides is 1. The van der Waals surface area contributed by atoms with Gasteiger partial charge in [-0.2, -0.15) is 5.10 Å². The lowest BCUT2D eigenvalue weighted by atomic mass is 10.1. The van der Waals surface area contributed by atoms with Gasteiger partial charge in [-0.05, 0) is 36.5 Å². The van der Waals surface area contributed by atoms with Crippen LogP contribution in [0.2, 0.25) is 0 Å². The predicted molar refractivity (Wildman–Crippen MR) is 87.2 cm³/mol. The molecule has 0 aliphatic heterocycles. The molecule has 7 heteroatoms. The minimum atomic E-state index is -3.51. The highest BCUT2D eigenvalue weighted by molar-refractivity contribution is 7.90. The van der Waals surface area contributed by atoms with Crippen molar-refractivity contribution in [2.75, 3.05) is 0 Å². The summed E-state index contributed by atoms with van der Waals surface area (Å²) in [6.07, 6.45) is 4.66. The molecular formula is C16H21N3O3S. The van der Waals surface area contributed by atoms with E-state index in [1.165, 1.54) is 0 Å². The molecule has 1 heterocycles. The lowest BCUT2D eigenvalue weighted by Gasteiger charge is -2.17. The third kappa shape index (κ3) is 3.80. The Morgan fingerprint density at radius 2 is 2.00 bits per heavy atom. The number of nitrogens with one attached hydrogen (secondary N) is 1. The molecule has 0 radical (unpaired) electrons. The fraction of sp³-hybridized carbons (Fsp3) is 0.438. The predicted octanol–water partition coefficient (Wildman–Crippen LogP) is 1.26. The first-order valence-corrected chi connectivity index (χ1v) is 9.31. The van der Waals surface area contributed by atoms with Gasteiger partial charge in [0.1, 0.15) is 5.25 Å². The second-order valence-corrected chi connectivity index (χ2v) is 7.86. The van der Waals surface area contributed by atoms with Crippen LogP contribution in [0.15, 0.2) is 42.7 Å². The fourth-order valence-electron chi connectivity index (χ4n) is 3.01. The van der Waals surface area contributed by atoms with E-state index in [4.69, 9.17) is 0 Å². The van der Waals surface area contributed by atoms with E-state index in [1.54, 1.807) is 10.9 Å². The number of rotatable bonds is 6. The van der Waals surface area contributed by atoms with Crippen molar-refractivity contribution in [2.45, 2.75) is 43.7 Å². The first-order valence-electron chi connectivity index (χ1n) is 7.77. The summed E-state index contributed by atoms with van der Waals surface area (Å²) in [6.45, 7) is 0.819. The van der Waals surface area contributed by atoms with Gasteiger partial charge in [0.25, 0.3) is 0 Å². The third-order valence-corrected chi connectivity index (χ3v) is 6.18. The van der Waals surface area contributed by atoms with E-state index in [9.17, 15) is 13.5 Å². The van der Waals surface area contributed by atoms with Gasteiger partial charge in [0.15, 0.2) is 0 Å². The van der Waals surface area contributed by atoms with E-state index >= 15 is 0 Å². The third-order valence-electron chi connectivity index (χ3n) is 4.29. The van der Waals surface area contributed by atoms with E-state index in [0.29, 0.717) is 19.4 Å². The van der Waals surface area contributed by atoms with Crippen molar-refractivity contribution in [1.29, 1.82) is 0 Å². The summed E-state index contributed by atoms with van der Waals surface area (Å²) in [5, 5.41) is 13.3. The monoisotopic (exact) mass is 335 g/mol. The Labute approximate surface area is 136 Å². The lowest BCUT2D eigenvalue weighted by Crippen LogP contribution is -2.38. The molecule has 1 aromatic carbocycles. The zero-order valence-corrected chi connectivity index (χ0v) is 13.6. The van der Waals surface area contributed by atoms with E-state index in [0.717, 1.165) is 17.5 Å². The van der Waals surface area contributed by atoms with Gasteiger partial charge in [-0.25, -0.2) is 13.1 Å². The van der Waals surface area contributed by atoms with Crippen LogP contribution in [0.4, 0.5) is 0 Å². The van der Waals surface area contributed by atoms with Crippen LogP contribution in [0.5, 0.6) is 0 Å². The molecule has 1 aliphatic carbocycles. The summed E-state index contributed by atoms with van der Waals surface area (Å²) in [6, 6.07) is 9.55. The Kier molecular flexibility index (Phi) is 4.79. The first-order chi connectivity index (χ1) is 11.1. The highest BCUT2D eigenvalue weighted by atomic mass is 32.2. The van der Waals surface area contributed by atoms with E-state index < -0.39 is 21.4 Å². The van der Waals surface area contributed by atoms with Crippen molar-refractivity contribution in [3.05, 3.63) is 53.9 Å². The van der Waals surface area contributed by atoms with Gasteiger partial charge in [0, 0.05) is 18.9 Å². The Morgan fingerprint density at radius 1 is 1.22 bits per heavy atom. The van der Waals surface area contributed by atoms with Gasteiger partial charge >= 0.3 is 0 Å². The highest BCUT2D eigenvalue weighted by Gasteiger charge is 2.36. The maximum absolute atomic E-state index is 12.4. The molecule has 124 valence electrons. The molecule has 23 heavy (non-hydrogen) atoms. The molecule has 1 aliphatic rings. The van der Waals surface area contributed by atoms with Gasteiger partial charge in [-0.1, -0.05) is 24.3 Å². The van der Waals surface area contributed by atoms with Crippen LogP contribution in [-0.4, -0.2) is 34.7 Å². The number of aromatic nitrogens is 2. The fourth-order valence-corrected chi connectivity index (χ4v) is 4.60. The molecule has 3 rings (SSSR count). The first kappa shape index (κ1) is 16.2. The molecular weight excluding hydrogens is 314 g/mol. The summed E-state index contributed by atoms with van der Waals surface area (Å²) < 4.78 is 29.2. The normalized spacial score (nSPS) is 21.6. The Bertz CT molecular complexity index is 744. The minimum absolute atomic E-state index is 0.225. The molecule has 2 unspecified atom stereocenters. The SMILES string of the molecule is O=S(=O)(NCc1ccccc1Cn1cccn1)C1CCCC1O. The van der Waals surface area contributed by atoms with Crippen LogP contribution in [0, 0.1) is 0 Å². The number of hydrogen-bond acceptors (Lipinski definition) is 4. The number of nitrogens with zero attached hydrogens (tertiary/aromatic N) is 2. The average molecular weight is 335 g/mol. The second-order valence-electron chi connectivity index (χ2n) is 5.88. The van der Waals surface area contributed by atoms with Crippen LogP contribution in [0.3, 0.4) is 0 Å². The molecule has 0 bridgehead atoms. The quantitative estimate of drug-likeness (QED) is 0.832. The van der Waals surface area contributed by atoms with Gasteiger partial charge in [0.2, 0.25) is 10.0 Å². The summed E-state index contributed by atoms with van der Waals surface area (Å²) >= 11 is 0. The molecule has 0 spiro atoms. The molecule has 1 aromatic heterocycles. The van der Waals surface area contributed by atoms with Crippen LogP contribution in [0.1, 0.15) is 30.4 Å². The molecule has 2 aromatic rings. The van der Waals surface area contributed by atoms with Crippen molar-refractivity contribution >= 4 is 10.0 Å². The standard InChI is InChI=1S/C16H21N3O3S/c20-15-7-3-8-16(15)23(21,22)18-11-13-5-1-2-6-14(13)12-19-10-4-9-17-19/h1-2,4-6,9-10,15-16,18,20H,3,7-8,11-12H2. The van der Waals surface area contributed by atoms with Crippen molar-refractivity contribution in [3.63, 3.8) is 0 Å². The summed E-state index contributed by atoms with van der Waals surface area (Å²) in [5.41, 5.74) is 1.94. The van der Waals surface area contributed by atoms with E-state index in [-0.39, 0.29) is 6.54 Å². The smallest absolute Gasteiger partial charge is 0.217 e. The topological polar surface area (TPSA) is 84.2 Å². The zero-order chi connectivity index (χ0) is 16.3. The maximum atomic E-state index is 12.4. The molecule has 1 fully saturated rings.